The Morgan fingerprint density at radius 1 is 0.508 bits per heavy atom. The molecule has 3 atom stereocenters. The Hall–Kier alpha value is -0.760. The first-order chi connectivity index (χ1) is 31.5. The molecular weight excluding hydrogens is 828 g/mol. The zero-order valence-electron chi connectivity index (χ0n) is 44.3. The van der Waals surface area contributed by atoms with Crippen molar-refractivity contribution < 1.29 is 32.9 Å². The molecule has 0 bridgehead atoms. The number of nitrogens with one attached hydrogen (secondary N) is 1. The molecule has 3 unspecified atom stereocenters. The van der Waals surface area contributed by atoms with Gasteiger partial charge in [0, 0.05) is 6.42 Å². The molecule has 0 fully saturated rings. The summed E-state index contributed by atoms with van der Waals surface area (Å²) in [5.74, 6) is -0.141. The molecule has 9 heteroatoms. The SMILES string of the molecule is CCCCCCCCCCCCCC/C=C\CCCCCCCCCCCC(=O)NC(COP(=O)(O)OCC[N+](C)(C)C)C(O)CCCCCCCCCCCCCCCCCCCC. The van der Waals surface area contributed by atoms with Gasteiger partial charge in [-0.3, -0.25) is 13.8 Å². The summed E-state index contributed by atoms with van der Waals surface area (Å²) in [7, 11) is 1.63. The topological polar surface area (TPSA) is 105 Å². The van der Waals surface area contributed by atoms with E-state index in [2.05, 4.69) is 31.3 Å². The van der Waals surface area contributed by atoms with Crippen LogP contribution < -0.4 is 5.32 Å². The number of nitrogens with zero attached hydrogens (tertiary/aromatic N) is 1. The summed E-state index contributed by atoms with van der Waals surface area (Å²) in [4.78, 5) is 23.3. The van der Waals surface area contributed by atoms with Crippen molar-refractivity contribution in [2.45, 2.75) is 302 Å². The van der Waals surface area contributed by atoms with Crippen LogP contribution in [0.4, 0.5) is 0 Å². The zero-order chi connectivity index (χ0) is 47.8. The Balaban J connectivity index is 4.14. The molecule has 0 aliphatic carbocycles. The fourth-order valence-electron chi connectivity index (χ4n) is 8.75. The number of carbonyl (C=O) groups excluding carboxylic acids is 1. The number of rotatable bonds is 53. The Morgan fingerprint density at radius 2 is 0.831 bits per heavy atom. The Kier molecular flexibility index (Phi) is 47.7. The third kappa shape index (κ3) is 50.9. The molecule has 388 valence electrons. The van der Waals surface area contributed by atoms with Gasteiger partial charge in [0.15, 0.2) is 0 Å². The zero-order valence-corrected chi connectivity index (χ0v) is 45.2. The van der Waals surface area contributed by atoms with Gasteiger partial charge in [-0.2, -0.15) is 0 Å². The molecule has 0 spiro atoms. The first kappa shape index (κ1) is 64.2. The van der Waals surface area contributed by atoms with Gasteiger partial charge in [-0.15, -0.1) is 0 Å². The summed E-state index contributed by atoms with van der Waals surface area (Å²) in [6, 6.07) is -0.759. The third-order valence-electron chi connectivity index (χ3n) is 13.3. The summed E-state index contributed by atoms with van der Waals surface area (Å²) in [5, 5.41) is 14.1. The van der Waals surface area contributed by atoms with Crippen molar-refractivity contribution in [1.29, 1.82) is 0 Å². The second-order valence-corrected chi connectivity index (χ2v) is 22.5. The molecule has 0 aliphatic rings. The number of unbranched alkanes of at least 4 members (excludes halogenated alkanes) is 38. The maximum atomic E-state index is 13.0. The Labute approximate surface area is 405 Å². The van der Waals surface area contributed by atoms with E-state index in [4.69, 9.17) is 9.05 Å². The Bertz CT molecular complexity index is 1070. The highest BCUT2D eigenvalue weighted by Crippen LogP contribution is 2.43. The fraction of sp³-hybridized carbons (Fsp3) is 0.946. The van der Waals surface area contributed by atoms with Gasteiger partial charge in [0.1, 0.15) is 13.2 Å². The molecule has 0 aromatic heterocycles. The normalized spacial score (nSPS) is 14.0. The number of hydrogen-bond acceptors (Lipinski definition) is 5. The van der Waals surface area contributed by atoms with E-state index in [1.165, 1.54) is 225 Å². The van der Waals surface area contributed by atoms with Crippen LogP contribution in [0.5, 0.6) is 0 Å². The van der Waals surface area contributed by atoms with Gasteiger partial charge in [0.05, 0.1) is 39.9 Å². The molecule has 8 nitrogen and oxygen atoms in total. The minimum atomic E-state index is -4.32. The van der Waals surface area contributed by atoms with Crippen molar-refractivity contribution >= 4 is 13.7 Å². The van der Waals surface area contributed by atoms with Crippen molar-refractivity contribution in [2.24, 2.45) is 0 Å². The maximum Gasteiger partial charge on any atom is 0.472 e. The molecule has 0 rings (SSSR count). The molecular formula is C56H114N2O6P+. The number of phosphoric ester groups is 1. The van der Waals surface area contributed by atoms with Gasteiger partial charge in [-0.25, -0.2) is 4.57 Å². The van der Waals surface area contributed by atoms with Crippen LogP contribution in [0.1, 0.15) is 290 Å². The van der Waals surface area contributed by atoms with Crippen LogP contribution in [0.3, 0.4) is 0 Å². The number of aliphatic hydroxyl groups excluding tert-OH is 1. The molecule has 65 heavy (non-hydrogen) atoms. The highest BCUT2D eigenvalue weighted by Gasteiger charge is 2.28. The molecule has 0 aromatic rings. The van der Waals surface area contributed by atoms with Crippen molar-refractivity contribution in [2.75, 3.05) is 40.9 Å². The van der Waals surface area contributed by atoms with Gasteiger partial charge in [-0.1, -0.05) is 257 Å². The first-order valence-electron chi connectivity index (χ1n) is 28.6. The fourth-order valence-corrected chi connectivity index (χ4v) is 9.49. The summed E-state index contributed by atoms with van der Waals surface area (Å²) < 4.78 is 23.8. The molecule has 0 heterocycles. The molecule has 0 aromatic carbocycles. The average Bonchev–Trinajstić information content (AvgIpc) is 3.26. The van der Waals surface area contributed by atoms with Crippen LogP contribution in [-0.4, -0.2) is 73.4 Å². The highest BCUT2D eigenvalue weighted by atomic mass is 31.2. The Morgan fingerprint density at radius 3 is 1.18 bits per heavy atom. The van der Waals surface area contributed by atoms with E-state index in [-0.39, 0.29) is 19.1 Å². The van der Waals surface area contributed by atoms with Crippen LogP contribution in [0, 0.1) is 0 Å². The summed E-state index contributed by atoms with van der Waals surface area (Å²) in [5.41, 5.74) is 0. The highest BCUT2D eigenvalue weighted by molar-refractivity contribution is 7.47. The molecule has 0 aliphatic heterocycles. The number of hydrogen-bond donors (Lipinski definition) is 3. The van der Waals surface area contributed by atoms with E-state index in [1.807, 2.05) is 21.1 Å². The smallest absolute Gasteiger partial charge is 0.391 e. The lowest BCUT2D eigenvalue weighted by Crippen LogP contribution is -2.46. The lowest BCUT2D eigenvalue weighted by molar-refractivity contribution is -0.870. The quantitative estimate of drug-likeness (QED) is 0.0243. The third-order valence-corrected chi connectivity index (χ3v) is 14.2. The van der Waals surface area contributed by atoms with Gasteiger partial charge >= 0.3 is 7.82 Å². The average molecular weight is 943 g/mol. The predicted octanol–water partition coefficient (Wildman–Crippen LogP) is 17.0. The molecule has 0 saturated carbocycles. The standard InChI is InChI=1S/C56H113N2O6P/c1-6-8-10-12-14-16-18-20-22-24-26-27-28-29-30-31-32-34-36-38-40-42-44-46-48-50-56(60)57-54(53-64-65(61,62)63-52-51-58(3,4)5)55(59)49-47-45-43-41-39-37-35-33-25-23-21-19-17-15-13-11-9-7-2/h29-30,54-55,59H,6-28,31-53H2,1-5H3,(H-,57,60,61,62)/p+1/b30-29-. The summed E-state index contributed by atoms with van der Waals surface area (Å²) >= 11 is 0. The molecule has 1 amide bonds. The number of aliphatic hydroxyl groups is 1. The summed E-state index contributed by atoms with van der Waals surface area (Å²) in [6.45, 7) is 4.93. The van der Waals surface area contributed by atoms with E-state index >= 15 is 0 Å². The van der Waals surface area contributed by atoms with Crippen LogP contribution >= 0.6 is 7.82 Å². The largest absolute Gasteiger partial charge is 0.472 e. The van der Waals surface area contributed by atoms with Gasteiger partial charge in [0.25, 0.3) is 0 Å². The summed E-state index contributed by atoms with van der Waals surface area (Å²) in [6.07, 6.45) is 58.3. The van der Waals surface area contributed by atoms with E-state index in [0.717, 1.165) is 38.5 Å². The number of amides is 1. The van der Waals surface area contributed by atoms with E-state index < -0.39 is 20.0 Å². The number of carbonyl (C=O) groups is 1. The van der Waals surface area contributed by atoms with Crippen molar-refractivity contribution in [1.82, 2.24) is 5.32 Å². The van der Waals surface area contributed by atoms with E-state index in [1.54, 1.807) is 0 Å². The van der Waals surface area contributed by atoms with Crippen molar-refractivity contribution in [3.63, 3.8) is 0 Å². The minimum absolute atomic E-state index is 0.0767. The number of phosphoric acid groups is 1. The van der Waals surface area contributed by atoms with Crippen molar-refractivity contribution in [3.05, 3.63) is 12.2 Å². The predicted molar refractivity (Wildman–Crippen MR) is 282 cm³/mol. The number of quaternary nitrogens is 1. The van der Waals surface area contributed by atoms with Crippen molar-refractivity contribution in [3.8, 4) is 0 Å². The maximum absolute atomic E-state index is 13.0. The molecule has 0 radical (unpaired) electrons. The number of likely N-dealkylation sites (N-methyl/N-ethyl adjacent to an activating group) is 1. The lowest BCUT2D eigenvalue weighted by Gasteiger charge is -2.26. The van der Waals surface area contributed by atoms with Gasteiger partial charge < -0.3 is 19.8 Å². The van der Waals surface area contributed by atoms with Crippen LogP contribution in [0.25, 0.3) is 0 Å². The lowest BCUT2D eigenvalue weighted by atomic mass is 10.0. The van der Waals surface area contributed by atoms with E-state index in [9.17, 15) is 19.4 Å². The molecule has 0 saturated heterocycles. The first-order valence-corrected chi connectivity index (χ1v) is 30.0. The minimum Gasteiger partial charge on any atom is -0.391 e. The monoisotopic (exact) mass is 942 g/mol. The van der Waals surface area contributed by atoms with Crippen LogP contribution in [0.15, 0.2) is 12.2 Å². The van der Waals surface area contributed by atoms with Crippen LogP contribution in [0.2, 0.25) is 0 Å². The second kappa shape index (κ2) is 48.3. The van der Waals surface area contributed by atoms with E-state index in [0.29, 0.717) is 23.9 Å². The van der Waals surface area contributed by atoms with Gasteiger partial charge in [0.2, 0.25) is 5.91 Å². The van der Waals surface area contributed by atoms with Gasteiger partial charge in [-0.05, 0) is 38.5 Å². The number of allylic oxidation sites excluding steroid dienone is 2. The molecule has 3 N–H and O–H groups in total. The van der Waals surface area contributed by atoms with Crippen LogP contribution in [-0.2, 0) is 18.4 Å². The second-order valence-electron chi connectivity index (χ2n) is 21.0.